The van der Waals surface area contributed by atoms with Crippen LogP contribution in [0.15, 0.2) is 30.3 Å². The normalized spacial score (nSPS) is 29.2. The van der Waals surface area contributed by atoms with Crippen molar-refractivity contribution in [3.63, 3.8) is 0 Å². The van der Waals surface area contributed by atoms with Crippen LogP contribution in [-0.2, 0) is 5.54 Å². The first-order chi connectivity index (χ1) is 8.69. The van der Waals surface area contributed by atoms with Gasteiger partial charge in [-0.15, -0.1) is 0 Å². The molecule has 0 amide bonds. The molecule has 2 aliphatic heterocycles. The van der Waals surface area contributed by atoms with E-state index in [4.69, 9.17) is 0 Å². The van der Waals surface area contributed by atoms with Crippen LogP contribution >= 0.6 is 0 Å². The van der Waals surface area contributed by atoms with E-state index < -0.39 is 0 Å². The maximum atomic E-state index is 2.84. The first-order valence-electron chi connectivity index (χ1n) is 7.53. The topological polar surface area (TPSA) is 3.24 Å². The molecule has 2 aliphatic rings. The molecular weight excluding hydrogens is 218 g/mol. The highest BCUT2D eigenvalue weighted by Gasteiger charge is 2.42. The number of rotatable bonds is 2. The first kappa shape index (κ1) is 12.2. The molecule has 1 aromatic rings. The van der Waals surface area contributed by atoms with E-state index >= 15 is 0 Å². The van der Waals surface area contributed by atoms with E-state index in [1.807, 2.05) is 0 Å². The lowest BCUT2D eigenvalue weighted by Crippen LogP contribution is -2.57. The minimum atomic E-state index is 0.192. The monoisotopic (exact) mass is 243 g/mol. The minimum Gasteiger partial charge on any atom is -0.288 e. The number of fused-ring (bicyclic) bond motifs is 2. The molecule has 1 heteroatoms. The van der Waals surface area contributed by atoms with Gasteiger partial charge in [0, 0.05) is 17.6 Å². The zero-order chi connectivity index (χ0) is 12.6. The second kappa shape index (κ2) is 4.70. The van der Waals surface area contributed by atoms with Crippen molar-refractivity contribution in [1.29, 1.82) is 0 Å². The summed E-state index contributed by atoms with van der Waals surface area (Å²) in [5, 5.41) is 0. The van der Waals surface area contributed by atoms with Crippen molar-refractivity contribution in [2.75, 3.05) is 0 Å². The van der Waals surface area contributed by atoms with Crippen LogP contribution < -0.4 is 0 Å². The van der Waals surface area contributed by atoms with Crippen LogP contribution in [-0.4, -0.2) is 17.0 Å². The molecule has 1 nitrogen and oxygen atoms in total. The zero-order valence-corrected chi connectivity index (χ0v) is 11.7. The van der Waals surface area contributed by atoms with Gasteiger partial charge in [0.25, 0.3) is 0 Å². The van der Waals surface area contributed by atoms with Gasteiger partial charge in [-0.25, -0.2) is 0 Å². The SMILES string of the molecule is CC(C)(c1ccccc1)N1C2CCCC1CCC2. The van der Waals surface area contributed by atoms with Crippen molar-refractivity contribution in [3.8, 4) is 0 Å². The van der Waals surface area contributed by atoms with Crippen molar-refractivity contribution in [2.24, 2.45) is 0 Å². The van der Waals surface area contributed by atoms with E-state index in [-0.39, 0.29) is 5.54 Å². The Hall–Kier alpha value is -0.820. The van der Waals surface area contributed by atoms with Gasteiger partial charge in [-0.3, -0.25) is 4.90 Å². The van der Waals surface area contributed by atoms with Crippen LogP contribution in [0.5, 0.6) is 0 Å². The predicted molar refractivity (Wildman–Crippen MR) is 76.6 cm³/mol. The summed E-state index contributed by atoms with van der Waals surface area (Å²) in [5.74, 6) is 0. The Kier molecular flexibility index (Phi) is 3.19. The van der Waals surface area contributed by atoms with E-state index in [1.54, 1.807) is 0 Å². The van der Waals surface area contributed by atoms with Crippen LogP contribution in [0.1, 0.15) is 57.9 Å². The van der Waals surface area contributed by atoms with Crippen LogP contribution in [0, 0.1) is 0 Å². The average molecular weight is 243 g/mol. The number of benzene rings is 1. The number of hydrogen-bond acceptors (Lipinski definition) is 1. The Labute approximate surface area is 111 Å². The summed E-state index contributed by atoms with van der Waals surface area (Å²) in [5.41, 5.74) is 1.67. The van der Waals surface area contributed by atoms with Gasteiger partial charge in [0.15, 0.2) is 0 Å². The predicted octanol–water partition coefficient (Wildman–Crippen LogP) is 4.33. The third kappa shape index (κ3) is 1.99. The molecule has 3 rings (SSSR count). The molecule has 2 fully saturated rings. The lowest BCUT2D eigenvalue weighted by atomic mass is 9.78. The fourth-order valence-electron chi connectivity index (χ4n) is 4.23. The molecule has 2 saturated heterocycles. The van der Waals surface area contributed by atoms with Crippen LogP contribution in [0.2, 0.25) is 0 Å². The molecule has 0 radical (unpaired) electrons. The third-order valence-electron chi connectivity index (χ3n) is 5.06. The van der Waals surface area contributed by atoms with Crippen LogP contribution in [0.25, 0.3) is 0 Å². The molecular formula is C17H25N. The number of piperidine rings is 2. The lowest BCUT2D eigenvalue weighted by Gasteiger charge is -2.54. The molecule has 2 bridgehead atoms. The number of nitrogens with zero attached hydrogens (tertiary/aromatic N) is 1. The Balaban J connectivity index is 1.93. The molecule has 1 aromatic carbocycles. The molecule has 0 N–H and O–H groups in total. The highest BCUT2D eigenvalue weighted by Crippen LogP contribution is 2.42. The van der Waals surface area contributed by atoms with E-state index in [9.17, 15) is 0 Å². The Morgan fingerprint density at radius 2 is 1.39 bits per heavy atom. The molecule has 0 atom stereocenters. The highest BCUT2D eigenvalue weighted by molar-refractivity contribution is 5.24. The van der Waals surface area contributed by atoms with Gasteiger partial charge in [0.05, 0.1) is 0 Å². The van der Waals surface area contributed by atoms with Crippen LogP contribution in [0.4, 0.5) is 0 Å². The first-order valence-corrected chi connectivity index (χ1v) is 7.53. The van der Waals surface area contributed by atoms with Gasteiger partial charge in [-0.2, -0.15) is 0 Å². The van der Waals surface area contributed by atoms with Crippen molar-refractivity contribution in [3.05, 3.63) is 35.9 Å². The molecule has 0 spiro atoms. The van der Waals surface area contributed by atoms with E-state index in [2.05, 4.69) is 49.1 Å². The standard InChI is InChI=1S/C17H25N/c1-17(2,14-8-4-3-5-9-14)18-15-10-6-11-16(18)13-7-12-15/h3-5,8-9,15-16H,6-7,10-13H2,1-2H3. The quantitative estimate of drug-likeness (QED) is 0.747. The van der Waals surface area contributed by atoms with Crippen molar-refractivity contribution in [1.82, 2.24) is 4.90 Å². The molecule has 0 saturated carbocycles. The largest absolute Gasteiger partial charge is 0.288 e. The lowest BCUT2D eigenvalue weighted by molar-refractivity contribution is -0.0413. The molecule has 2 heterocycles. The Morgan fingerprint density at radius 1 is 0.889 bits per heavy atom. The maximum Gasteiger partial charge on any atom is 0.0410 e. The second-order valence-electron chi connectivity index (χ2n) is 6.50. The van der Waals surface area contributed by atoms with Crippen molar-refractivity contribution >= 4 is 0 Å². The fraction of sp³-hybridized carbons (Fsp3) is 0.647. The minimum absolute atomic E-state index is 0.192. The Morgan fingerprint density at radius 3 is 1.89 bits per heavy atom. The van der Waals surface area contributed by atoms with Gasteiger partial charge in [-0.05, 0) is 45.1 Å². The van der Waals surface area contributed by atoms with E-state index in [0.29, 0.717) is 0 Å². The second-order valence-corrected chi connectivity index (χ2v) is 6.50. The molecule has 0 unspecified atom stereocenters. The van der Waals surface area contributed by atoms with Crippen LogP contribution in [0.3, 0.4) is 0 Å². The summed E-state index contributed by atoms with van der Waals surface area (Å²) in [6, 6.07) is 12.7. The maximum absolute atomic E-state index is 2.84. The molecule has 18 heavy (non-hydrogen) atoms. The van der Waals surface area contributed by atoms with E-state index in [0.717, 1.165) is 12.1 Å². The highest BCUT2D eigenvalue weighted by atomic mass is 15.3. The van der Waals surface area contributed by atoms with Gasteiger partial charge in [0.1, 0.15) is 0 Å². The Bertz CT molecular complexity index is 373. The van der Waals surface area contributed by atoms with Gasteiger partial charge < -0.3 is 0 Å². The van der Waals surface area contributed by atoms with Gasteiger partial charge in [0.2, 0.25) is 0 Å². The third-order valence-corrected chi connectivity index (χ3v) is 5.06. The molecule has 98 valence electrons. The molecule has 0 aliphatic carbocycles. The summed E-state index contributed by atoms with van der Waals surface area (Å²) in [6.07, 6.45) is 8.52. The molecule has 0 aromatic heterocycles. The summed E-state index contributed by atoms with van der Waals surface area (Å²) >= 11 is 0. The summed E-state index contributed by atoms with van der Waals surface area (Å²) in [6.45, 7) is 4.83. The summed E-state index contributed by atoms with van der Waals surface area (Å²) in [4.78, 5) is 2.84. The smallest absolute Gasteiger partial charge is 0.0410 e. The average Bonchev–Trinajstić information content (AvgIpc) is 2.39. The van der Waals surface area contributed by atoms with Gasteiger partial charge in [-0.1, -0.05) is 43.2 Å². The summed E-state index contributed by atoms with van der Waals surface area (Å²) < 4.78 is 0. The zero-order valence-electron chi connectivity index (χ0n) is 11.7. The van der Waals surface area contributed by atoms with Crippen molar-refractivity contribution in [2.45, 2.75) is 70.0 Å². The fourth-order valence-corrected chi connectivity index (χ4v) is 4.23. The number of hydrogen-bond donors (Lipinski definition) is 0. The van der Waals surface area contributed by atoms with Crippen molar-refractivity contribution < 1.29 is 0 Å². The van der Waals surface area contributed by atoms with E-state index in [1.165, 1.54) is 44.1 Å². The summed E-state index contributed by atoms with van der Waals surface area (Å²) in [7, 11) is 0. The van der Waals surface area contributed by atoms with Gasteiger partial charge >= 0.3 is 0 Å².